The lowest BCUT2D eigenvalue weighted by Crippen LogP contribution is -2.36. The van der Waals surface area contributed by atoms with Crippen LogP contribution in [0.3, 0.4) is 0 Å². The van der Waals surface area contributed by atoms with Crippen molar-refractivity contribution in [3.8, 4) is 0 Å². The smallest absolute Gasteiger partial charge is 0.321 e. The standard InChI is InChI=1S/C14H20N4O3/c1-10-8-11(4-5-13(10)18(20)21)15-14(19)17-7-6-12(9-17)16(2)3/h4-5,8,12H,6-7,9H2,1-3H3,(H,15,19)/t12-/m0/s1. The molecule has 21 heavy (non-hydrogen) atoms. The number of carbonyl (C=O) groups is 1. The second-order valence-electron chi connectivity index (χ2n) is 5.54. The van der Waals surface area contributed by atoms with Crippen molar-refractivity contribution in [3.05, 3.63) is 33.9 Å². The number of nitrogens with one attached hydrogen (secondary N) is 1. The lowest BCUT2D eigenvalue weighted by Gasteiger charge is -2.20. The molecule has 1 atom stereocenters. The Morgan fingerprint density at radius 3 is 2.71 bits per heavy atom. The summed E-state index contributed by atoms with van der Waals surface area (Å²) in [7, 11) is 4.01. The maximum Gasteiger partial charge on any atom is 0.321 e. The third kappa shape index (κ3) is 3.49. The van der Waals surface area contributed by atoms with Gasteiger partial charge in [0, 0.05) is 36.4 Å². The first-order valence-corrected chi connectivity index (χ1v) is 6.86. The lowest BCUT2D eigenvalue weighted by atomic mass is 10.2. The van der Waals surface area contributed by atoms with Crippen molar-refractivity contribution >= 4 is 17.4 Å². The molecule has 0 saturated carbocycles. The summed E-state index contributed by atoms with van der Waals surface area (Å²) in [6, 6.07) is 4.82. The number of hydrogen-bond acceptors (Lipinski definition) is 4. The fourth-order valence-corrected chi connectivity index (χ4v) is 2.49. The number of amides is 2. The molecule has 2 amide bonds. The Morgan fingerprint density at radius 2 is 2.19 bits per heavy atom. The van der Waals surface area contributed by atoms with Crippen LogP contribution in [0.5, 0.6) is 0 Å². The predicted octanol–water partition coefficient (Wildman–Crippen LogP) is 2.07. The molecule has 0 radical (unpaired) electrons. The van der Waals surface area contributed by atoms with Gasteiger partial charge in [0.15, 0.2) is 0 Å². The highest BCUT2D eigenvalue weighted by Gasteiger charge is 2.27. The van der Waals surface area contributed by atoms with Gasteiger partial charge >= 0.3 is 6.03 Å². The Labute approximate surface area is 123 Å². The minimum atomic E-state index is -0.427. The fraction of sp³-hybridized carbons (Fsp3) is 0.500. The van der Waals surface area contributed by atoms with Gasteiger partial charge in [0.05, 0.1) is 4.92 Å². The van der Waals surface area contributed by atoms with Gasteiger partial charge in [-0.1, -0.05) is 0 Å². The van der Waals surface area contributed by atoms with E-state index >= 15 is 0 Å². The first-order valence-electron chi connectivity index (χ1n) is 6.86. The third-order valence-corrected chi connectivity index (χ3v) is 3.83. The molecule has 1 aliphatic rings. The number of nitro groups is 1. The van der Waals surface area contributed by atoms with E-state index in [9.17, 15) is 14.9 Å². The van der Waals surface area contributed by atoms with Gasteiger partial charge in [-0.05, 0) is 39.6 Å². The minimum absolute atomic E-state index is 0.0573. The molecule has 1 aromatic carbocycles. The fourth-order valence-electron chi connectivity index (χ4n) is 2.49. The number of urea groups is 1. The van der Waals surface area contributed by atoms with Gasteiger partial charge in [-0.15, -0.1) is 0 Å². The zero-order valence-electron chi connectivity index (χ0n) is 12.5. The number of hydrogen-bond donors (Lipinski definition) is 1. The summed E-state index contributed by atoms with van der Waals surface area (Å²) in [6.45, 7) is 3.08. The molecule has 1 aliphatic heterocycles. The summed E-state index contributed by atoms with van der Waals surface area (Å²) in [5.74, 6) is 0. The largest absolute Gasteiger partial charge is 0.323 e. The van der Waals surface area contributed by atoms with E-state index in [1.807, 2.05) is 14.1 Å². The maximum atomic E-state index is 12.2. The Morgan fingerprint density at radius 1 is 1.48 bits per heavy atom. The Kier molecular flexibility index (Phi) is 4.42. The molecule has 1 N–H and O–H groups in total. The van der Waals surface area contributed by atoms with E-state index in [0.717, 1.165) is 13.0 Å². The average Bonchev–Trinajstić information content (AvgIpc) is 2.88. The van der Waals surface area contributed by atoms with Crippen molar-refractivity contribution in [1.82, 2.24) is 9.80 Å². The van der Waals surface area contributed by atoms with Crippen LogP contribution in [0.4, 0.5) is 16.2 Å². The lowest BCUT2D eigenvalue weighted by molar-refractivity contribution is -0.385. The number of aryl methyl sites for hydroxylation is 1. The van der Waals surface area contributed by atoms with E-state index in [1.165, 1.54) is 6.07 Å². The molecule has 2 rings (SSSR count). The molecule has 0 spiro atoms. The summed E-state index contributed by atoms with van der Waals surface area (Å²) >= 11 is 0. The van der Waals surface area contributed by atoms with Crippen LogP contribution in [0.1, 0.15) is 12.0 Å². The van der Waals surface area contributed by atoms with Crippen LogP contribution in [-0.2, 0) is 0 Å². The maximum absolute atomic E-state index is 12.2. The van der Waals surface area contributed by atoms with E-state index in [2.05, 4.69) is 10.2 Å². The number of carbonyl (C=O) groups excluding carboxylic acids is 1. The highest BCUT2D eigenvalue weighted by molar-refractivity contribution is 5.89. The third-order valence-electron chi connectivity index (χ3n) is 3.83. The molecule has 7 nitrogen and oxygen atoms in total. The van der Waals surface area contributed by atoms with E-state index in [4.69, 9.17) is 0 Å². The first kappa shape index (κ1) is 15.2. The van der Waals surface area contributed by atoms with Crippen LogP contribution >= 0.6 is 0 Å². The summed E-state index contributed by atoms with van der Waals surface area (Å²) < 4.78 is 0. The molecule has 1 aromatic rings. The second-order valence-corrected chi connectivity index (χ2v) is 5.54. The highest BCUT2D eigenvalue weighted by Crippen LogP contribution is 2.22. The molecule has 0 bridgehead atoms. The van der Waals surface area contributed by atoms with Crippen LogP contribution in [0.25, 0.3) is 0 Å². The molecule has 0 unspecified atom stereocenters. The number of benzene rings is 1. The Balaban J connectivity index is 2.00. The Hall–Kier alpha value is -2.15. The number of rotatable bonds is 3. The zero-order valence-corrected chi connectivity index (χ0v) is 12.5. The van der Waals surface area contributed by atoms with E-state index in [-0.39, 0.29) is 11.7 Å². The normalized spacial score (nSPS) is 18.1. The van der Waals surface area contributed by atoms with E-state index < -0.39 is 4.92 Å². The predicted molar refractivity (Wildman–Crippen MR) is 80.5 cm³/mol. The van der Waals surface area contributed by atoms with Gasteiger partial charge < -0.3 is 15.1 Å². The molecule has 114 valence electrons. The van der Waals surface area contributed by atoms with Gasteiger partial charge in [-0.25, -0.2) is 4.79 Å². The van der Waals surface area contributed by atoms with Crippen LogP contribution < -0.4 is 5.32 Å². The van der Waals surface area contributed by atoms with Gasteiger partial charge in [0.1, 0.15) is 0 Å². The van der Waals surface area contributed by atoms with Crippen LogP contribution in [0.2, 0.25) is 0 Å². The second kappa shape index (κ2) is 6.09. The molecule has 1 saturated heterocycles. The van der Waals surface area contributed by atoms with E-state index in [0.29, 0.717) is 23.8 Å². The molecule has 0 aromatic heterocycles. The summed E-state index contributed by atoms with van der Waals surface area (Å²) in [5.41, 5.74) is 1.17. The Bertz CT molecular complexity index is 559. The van der Waals surface area contributed by atoms with Crippen molar-refractivity contribution in [2.45, 2.75) is 19.4 Å². The van der Waals surface area contributed by atoms with Crippen LogP contribution in [0, 0.1) is 17.0 Å². The minimum Gasteiger partial charge on any atom is -0.323 e. The monoisotopic (exact) mass is 292 g/mol. The number of anilines is 1. The number of likely N-dealkylation sites (N-methyl/N-ethyl adjacent to an activating group) is 1. The number of nitrogens with zero attached hydrogens (tertiary/aromatic N) is 3. The molecular weight excluding hydrogens is 272 g/mol. The molecule has 7 heteroatoms. The van der Waals surface area contributed by atoms with Crippen molar-refractivity contribution in [3.63, 3.8) is 0 Å². The quantitative estimate of drug-likeness (QED) is 0.683. The van der Waals surface area contributed by atoms with Gasteiger partial charge in [0.2, 0.25) is 0 Å². The van der Waals surface area contributed by atoms with E-state index in [1.54, 1.807) is 24.0 Å². The van der Waals surface area contributed by atoms with Gasteiger partial charge in [-0.2, -0.15) is 0 Å². The molecule has 1 fully saturated rings. The highest BCUT2D eigenvalue weighted by atomic mass is 16.6. The van der Waals surface area contributed by atoms with Crippen molar-refractivity contribution in [1.29, 1.82) is 0 Å². The summed E-state index contributed by atoms with van der Waals surface area (Å²) in [4.78, 5) is 26.4. The van der Waals surface area contributed by atoms with Crippen molar-refractivity contribution in [2.75, 3.05) is 32.5 Å². The molecular formula is C14H20N4O3. The van der Waals surface area contributed by atoms with Crippen LogP contribution in [0.15, 0.2) is 18.2 Å². The SMILES string of the molecule is Cc1cc(NC(=O)N2CC[C@H](N(C)C)C2)ccc1[N+](=O)[O-]. The molecule has 0 aliphatic carbocycles. The van der Waals surface area contributed by atoms with Crippen molar-refractivity contribution < 1.29 is 9.72 Å². The summed E-state index contributed by atoms with van der Waals surface area (Å²) in [5, 5.41) is 13.6. The first-order chi connectivity index (χ1) is 9.88. The average molecular weight is 292 g/mol. The van der Waals surface area contributed by atoms with Gasteiger partial charge in [-0.3, -0.25) is 10.1 Å². The number of likely N-dealkylation sites (tertiary alicyclic amines) is 1. The van der Waals surface area contributed by atoms with Gasteiger partial charge in [0.25, 0.3) is 5.69 Å². The van der Waals surface area contributed by atoms with Crippen molar-refractivity contribution in [2.24, 2.45) is 0 Å². The summed E-state index contributed by atoms with van der Waals surface area (Å²) in [6.07, 6.45) is 0.958. The topological polar surface area (TPSA) is 78.7 Å². The zero-order chi connectivity index (χ0) is 15.6. The number of nitro benzene ring substituents is 1. The molecule has 1 heterocycles. The van der Waals surface area contributed by atoms with Crippen LogP contribution in [-0.4, -0.2) is 54.0 Å².